The van der Waals surface area contributed by atoms with E-state index in [1.165, 1.54) is 6.42 Å². The zero-order chi connectivity index (χ0) is 17.2. The highest BCUT2D eigenvalue weighted by Gasteiger charge is 2.65. The second kappa shape index (κ2) is 5.47. The van der Waals surface area contributed by atoms with Gasteiger partial charge < -0.3 is 15.3 Å². The molecule has 4 rings (SSSR count). The van der Waals surface area contributed by atoms with Crippen LogP contribution < -0.4 is 0 Å². The number of fused-ring (bicyclic) bond motifs is 5. The lowest BCUT2D eigenvalue weighted by molar-refractivity contribution is -0.165. The molecule has 4 aliphatic rings. The van der Waals surface area contributed by atoms with Gasteiger partial charge in [-0.05, 0) is 86.9 Å². The van der Waals surface area contributed by atoms with Gasteiger partial charge >= 0.3 is 0 Å². The molecule has 3 heteroatoms. The number of hydrogen-bond donors (Lipinski definition) is 3. The molecule has 0 radical (unpaired) electrons. The summed E-state index contributed by atoms with van der Waals surface area (Å²) in [4.78, 5) is 0. The van der Waals surface area contributed by atoms with Crippen molar-refractivity contribution in [3.8, 4) is 12.3 Å². The molecule has 0 saturated heterocycles. The Morgan fingerprint density at radius 3 is 2.50 bits per heavy atom. The van der Waals surface area contributed by atoms with E-state index < -0.39 is 5.60 Å². The third-order valence-corrected chi connectivity index (χ3v) is 9.02. The van der Waals surface area contributed by atoms with Crippen LogP contribution >= 0.6 is 0 Å². The highest BCUT2D eigenvalue weighted by Crippen LogP contribution is 2.68. The van der Waals surface area contributed by atoms with Crippen LogP contribution in [0.2, 0.25) is 0 Å². The van der Waals surface area contributed by atoms with Crippen LogP contribution in [0, 0.1) is 46.8 Å². The van der Waals surface area contributed by atoms with Gasteiger partial charge in [-0.1, -0.05) is 12.8 Å². The lowest BCUT2D eigenvalue weighted by atomic mass is 9.44. The fourth-order valence-electron chi connectivity index (χ4n) is 7.59. The van der Waals surface area contributed by atoms with Gasteiger partial charge in [-0.3, -0.25) is 0 Å². The van der Waals surface area contributed by atoms with Gasteiger partial charge in [0.15, 0.2) is 0 Å². The quantitative estimate of drug-likeness (QED) is 0.647. The molecule has 8 atom stereocenters. The van der Waals surface area contributed by atoms with E-state index in [0.717, 1.165) is 51.4 Å². The topological polar surface area (TPSA) is 60.7 Å². The molecule has 0 aromatic rings. The fraction of sp³-hybridized carbons (Fsp3) is 0.905. The molecule has 0 spiro atoms. The maximum atomic E-state index is 11.0. The SMILES string of the molecule is C#C[C@]1(O)CC[C@H]2[C@@H]3CC[C@H]4C[C@@H](O)CC[C@]4(CO)[C@H]3CC[C@@]21C. The fourth-order valence-corrected chi connectivity index (χ4v) is 7.59. The molecule has 0 aromatic carbocycles. The normalized spacial score (nSPS) is 56.7. The van der Waals surface area contributed by atoms with E-state index in [1.807, 2.05) is 0 Å². The highest BCUT2D eigenvalue weighted by molar-refractivity contribution is 5.23. The van der Waals surface area contributed by atoms with Gasteiger partial charge in [0.2, 0.25) is 0 Å². The molecule has 0 heterocycles. The summed E-state index contributed by atoms with van der Waals surface area (Å²) < 4.78 is 0. The van der Waals surface area contributed by atoms with E-state index in [0.29, 0.717) is 23.7 Å². The van der Waals surface area contributed by atoms with Crippen molar-refractivity contribution in [3.05, 3.63) is 0 Å². The summed E-state index contributed by atoms with van der Waals surface area (Å²) >= 11 is 0. The summed E-state index contributed by atoms with van der Waals surface area (Å²) in [5, 5.41) is 31.5. The largest absolute Gasteiger partial charge is 0.396 e. The molecule has 3 N–H and O–H groups in total. The Bertz CT molecular complexity index is 554. The third kappa shape index (κ3) is 1.97. The summed E-state index contributed by atoms with van der Waals surface area (Å²) in [6.07, 6.45) is 14.3. The van der Waals surface area contributed by atoms with Crippen molar-refractivity contribution in [2.45, 2.75) is 76.4 Å². The Morgan fingerprint density at radius 1 is 1.04 bits per heavy atom. The lowest BCUT2D eigenvalue weighted by Gasteiger charge is -2.61. The molecular formula is C21H32O3. The van der Waals surface area contributed by atoms with Crippen molar-refractivity contribution in [1.82, 2.24) is 0 Å². The van der Waals surface area contributed by atoms with E-state index in [2.05, 4.69) is 12.8 Å². The van der Waals surface area contributed by atoms with E-state index in [9.17, 15) is 15.3 Å². The van der Waals surface area contributed by atoms with Crippen molar-refractivity contribution in [1.29, 1.82) is 0 Å². The zero-order valence-electron chi connectivity index (χ0n) is 14.9. The van der Waals surface area contributed by atoms with Gasteiger partial charge in [-0.15, -0.1) is 6.42 Å². The molecule has 0 unspecified atom stereocenters. The van der Waals surface area contributed by atoms with Crippen LogP contribution in [-0.4, -0.2) is 33.6 Å². The van der Waals surface area contributed by atoms with Crippen molar-refractivity contribution in [2.24, 2.45) is 34.5 Å². The Morgan fingerprint density at radius 2 is 1.79 bits per heavy atom. The summed E-state index contributed by atoms with van der Waals surface area (Å²) in [6.45, 7) is 2.47. The van der Waals surface area contributed by atoms with Crippen molar-refractivity contribution in [3.63, 3.8) is 0 Å². The minimum Gasteiger partial charge on any atom is -0.396 e. The highest BCUT2D eigenvalue weighted by atomic mass is 16.3. The van der Waals surface area contributed by atoms with Gasteiger partial charge in [0.05, 0.1) is 6.10 Å². The first-order valence-corrected chi connectivity index (χ1v) is 9.89. The van der Waals surface area contributed by atoms with Crippen LogP contribution in [0.5, 0.6) is 0 Å². The van der Waals surface area contributed by atoms with E-state index >= 15 is 0 Å². The summed E-state index contributed by atoms with van der Waals surface area (Å²) in [6, 6.07) is 0. The molecular weight excluding hydrogens is 300 g/mol. The minimum absolute atomic E-state index is 0.000323. The van der Waals surface area contributed by atoms with Crippen LogP contribution in [-0.2, 0) is 0 Å². The molecule has 4 saturated carbocycles. The van der Waals surface area contributed by atoms with Gasteiger partial charge in [-0.25, -0.2) is 0 Å². The van der Waals surface area contributed by atoms with Crippen LogP contribution in [0.3, 0.4) is 0 Å². The Kier molecular flexibility index (Phi) is 3.85. The Labute approximate surface area is 145 Å². The van der Waals surface area contributed by atoms with Crippen LogP contribution in [0.15, 0.2) is 0 Å². The summed E-state index contributed by atoms with van der Waals surface area (Å²) in [5.41, 5.74) is -1.12. The van der Waals surface area contributed by atoms with E-state index in [1.54, 1.807) is 0 Å². The van der Waals surface area contributed by atoms with E-state index in [4.69, 9.17) is 6.42 Å². The molecule has 24 heavy (non-hydrogen) atoms. The molecule has 4 fully saturated rings. The molecule has 0 aromatic heterocycles. The van der Waals surface area contributed by atoms with Gasteiger partial charge in [0, 0.05) is 12.0 Å². The van der Waals surface area contributed by atoms with Gasteiger partial charge in [0.1, 0.15) is 5.60 Å². The molecule has 0 bridgehead atoms. The van der Waals surface area contributed by atoms with Crippen LogP contribution in [0.25, 0.3) is 0 Å². The third-order valence-electron chi connectivity index (χ3n) is 9.02. The maximum Gasteiger partial charge on any atom is 0.130 e. The Balaban J connectivity index is 1.67. The predicted molar refractivity (Wildman–Crippen MR) is 92.9 cm³/mol. The van der Waals surface area contributed by atoms with Crippen molar-refractivity contribution < 1.29 is 15.3 Å². The average Bonchev–Trinajstić information content (AvgIpc) is 2.86. The zero-order valence-corrected chi connectivity index (χ0v) is 14.9. The molecule has 3 nitrogen and oxygen atoms in total. The van der Waals surface area contributed by atoms with E-state index in [-0.39, 0.29) is 23.5 Å². The lowest BCUT2D eigenvalue weighted by Crippen LogP contribution is -2.58. The molecule has 0 amide bonds. The smallest absolute Gasteiger partial charge is 0.130 e. The van der Waals surface area contributed by atoms with Gasteiger partial charge in [0.25, 0.3) is 0 Å². The number of terminal acetylenes is 1. The number of rotatable bonds is 1. The number of aliphatic hydroxyl groups is 3. The summed E-state index contributed by atoms with van der Waals surface area (Å²) in [7, 11) is 0. The minimum atomic E-state index is -0.950. The predicted octanol–water partition coefficient (Wildman–Crippen LogP) is 2.73. The average molecular weight is 332 g/mol. The second-order valence-electron chi connectivity index (χ2n) is 9.47. The first kappa shape index (κ1) is 16.9. The number of aliphatic hydroxyl groups excluding tert-OH is 2. The molecule has 134 valence electrons. The summed E-state index contributed by atoms with van der Waals surface area (Å²) in [5.74, 6) is 4.79. The first-order valence-electron chi connectivity index (χ1n) is 9.89. The standard InChI is InChI=1S/C21H32O3/c1-3-21(24)11-8-17-16-5-4-14-12-15(23)6-10-20(14,13-22)18(16)7-9-19(17,21)2/h1,14-18,22-24H,4-13H2,2H3/t14-,15-,16-,17-,18-,19-,20+,21-/m0/s1. The second-order valence-corrected chi connectivity index (χ2v) is 9.47. The van der Waals surface area contributed by atoms with Crippen molar-refractivity contribution >= 4 is 0 Å². The first-order chi connectivity index (χ1) is 11.4. The Hall–Kier alpha value is -0.560. The van der Waals surface area contributed by atoms with Crippen molar-refractivity contribution in [2.75, 3.05) is 6.61 Å². The molecule has 0 aliphatic heterocycles. The van der Waals surface area contributed by atoms with Crippen LogP contribution in [0.4, 0.5) is 0 Å². The van der Waals surface area contributed by atoms with Crippen LogP contribution in [0.1, 0.15) is 64.7 Å². The monoisotopic (exact) mass is 332 g/mol. The molecule has 4 aliphatic carbocycles. The number of hydrogen-bond acceptors (Lipinski definition) is 3. The maximum absolute atomic E-state index is 11.0. The van der Waals surface area contributed by atoms with Gasteiger partial charge in [-0.2, -0.15) is 0 Å².